The summed E-state index contributed by atoms with van der Waals surface area (Å²) >= 11 is 0. The highest BCUT2D eigenvalue weighted by Crippen LogP contribution is 2.44. The molecule has 0 amide bonds. The van der Waals surface area contributed by atoms with Crippen LogP contribution in [0.5, 0.6) is 5.75 Å². The summed E-state index contributed by atoms with van der Waals surface area (Å²) in [4.78, 5) is 15.1. The van der Waals surface area contributed by atoms with Gasteiger partial charge in [-0.3, -0.25) is 9.69 Å². The minimum Gasteiger partial charge on any atom is -0.489 e. The van der Waals surface area contributed by atoms with Gasteiger partial charge in [0.15, 0.2) is 0 Å². The van der Waals surface area contributed by atoms with Crippen molar-refractivity contribution in [3.8, 4) is 5.75 Å². The Morgan fingerprint density at radius 1 is 1.15 bits per heavy atom. The van der Waals surface area contributed by atoms with Crippen LogP contribution in [0.1, 0.15) is 66.5 Å². The van der Waals surface area contributed by atoms with E-state index in [-0.39, 0.29) is 12.0 Å². The molecule has 2 heterocycles. The Labute approximate surface area is 230 Å². The molecule has 204 valence electrons. The number of carboxylic acid groups (broad SMARTS) is 1. The van der Waals surface area contributed by atoms with E-state index in [2.05, 4.69) is 65.5 Å². The highest BCUT2D eigenvalue weighted by atomic mass is 16.5. The predicted molar refractivity (Wildman–Crippen MR) is 153 cm³/mol. The molecule has 0 aliphatic carbocycles. The predicted octanol–water partition coefficient (Wildman–Crippen LogP) is 6.00. The fourth-order valence-corrected chi connectivity index (χ4v) is 5.84. The standard InChI is InChI=1S/C32H38N4O3/c1-7-25-19-36(17-23-10-8-9-11-28(23)39-25)18-24-16-22(13-12-20(24)2)29(32(4,5)31(37)38)26-14-15-27-30(21(26)3)33-34-35(27)6/h8-16,25,29H,7,17-19H2,1-6H3,(H,37,38)/t25-,29?/m1/s1. The summed E-state index contributed by atoms with van der Waals surface area (Å²) in [5.74, 6) is -0.229. The van der Waals surface area contributed by atoms with Crippen molar-refractivity contribution in [3.05, 3.63) is 88.0 Å². The first-order valence-electron chi connectivity index (χ1n) is 13.7. The van der Waals surface area contributed by atoms with Gasteiger partial charge >= 0.3 is 5.97 Å². The van der Waals surface area contributed by atoms with Crippen LogP contribution in [0.4, 0.5) is 0 Å². The van der Waals surface area contributed by atoms with Crippen LogP contribution in [-0.2, 0) is 24.9 Å². The van der Waals surface area contributed by atoms with Crippen LogP contribution in [0.25, 0.3) is 11.0 Å². The van der Waals surface area contributed by atoms with Crippen LogP contribution < -0.4 is 4.74 Å². The number of nitrogens with zero attached hydrogens (tertiary/aromatic N) is 4. The molecule has 5 rings (SSSR count). The second-order valence-corrected chi connectivity index (χ2v) is 11.4. The fourth-order valence-electron chi connectivity index (χ4n) is 5.84. The van der Waals surface area contributed by atoms with Gasteiger partial charge in [0.05, 0.1) is 10.9 Å². The number of fused-ring (bicyclic) bond motifs is 2. The lowest BCUT2D eigenvalue weighted by atomic mass is 9.69. The van der Waals surface area contributed by atoms with Crippen molar-refractivity contribution < 1.29 is 14.6 Å². The number of para-hydroxylation sites is 1. The molecule has 0 radical (unpaired) electrons. The zero-order valence-corrected chi connectivity index (χ0v) is 23.7. The quantitative estimate of drug-likeness (QED) is 0.318. The van der Waals surface area contributed by atoms with Crippen LogP contribution in [0.2, 0.25) is 0 Å². The number of aromatic nitrogens is 3. The Morgan fingerprint density at radius 2 is 1.92 bits per heavy atom. The summed E-state index contributed by atoms with van der Waals surface area (Å²) in [6.07, 6.45) is 1.06. The number of hydrogen-bond acceptors (Lipinski definition) is 5. The van der Waals surface area contributed by atoms with Crippen molar-refractivity contribution in [3.63, 3.8) is 0 Å². The Morgan fingerprint density at radius 3 is 2.67 bits per heavy atom. The number of benzene rings is 3. The number of ether oxygens (including phenoxy) is 1. The van der Waals surface area contributed by atoms with E-state index in [1.54, 1.807) is 4.68 Å². The third kappa shape index (κ3) is 5.03. The van der Waals surface area contributed by atoms with Crippen molar-refractivity contribution in [2.75, 3.05) is 6.54 Å². The van der Waals surface area contributed by atoms with Gasteiger partial charge in [0.1, 0.15) is 17.4 Å². The molecular formula is C32H38N4O3. The molecule has 0 saturated heterocycles. The van der Waals surface area contributed by atoms with Gasteiger partial charge in [-0.05, 0) is 74.1 Å². The van der Waals surface area contributed by atoms with E-state index in [4.69, 9.17) is 4.74 Å². The first-order chi connectivity index (χ1) is 18.6. The molecule has 0 saturated carbocycles. The van der Waals surface area contributed by atoms with Gasteiger partial charge in [-0.15, -0.1) is 5.10 Å². The molecule has 3 aromatic carbocycles. The van der Waals surface area contributed by atoms with E-state index in [9.17, 15) is 9.90 Å². The van der Waals surface area contributed by atoms with E-state index < -0.39 is 11.4 Å². The fraction of sp³-hybridized carbons (Fsp3) is 0.406. The van der Waals surface area contributed by atoms with Gasteiger partial charge < -0.3 is 9.84 Å². The van der Waals surface area contributed by atoms with Crippen molar-refractivity contribution in [1.82, 2.24) is 19.9 Å². The Hall–Kier alpha value is -3.71. The van der Waals surface area contributed by atoms with Gasteiger partial charge in [0, 0.05) is 38.2 Å². The van der Waals surface area contributed by atoms with E-state index >= 15 is 0 Å². The summed E-state index contributed by atoms with van der Waals surface area (Å²) in [6, 6.07) is 18.8. The number of hydrogen-bond donors (Lipinski definition) is 1. The second kappa shape index (κ2) is 10.5. The number of aliphatic carboxylic acids is 1. The first kappa shape index (κ1) is 26.9. The highest BCUT2D eigenvalue weighted by Gasteiger charge is 2.40. The monoisotopic (exact) mass is 526 g/mol. The molecule has 1 unspecified atom stereocenters. The normalized spacial score (nSPS) is 16.9. The lowest BCUT2D eigenvalue weighted by molar-refractivity contribution is -0.147. The van der Waals surface area contributed by atoms with Gasteiger partial charge in [-0.1, -0.05) is 54.6 Å². The summed E-state index contributed by atoms with van der Waals surface area (Å²) in [5, 5.41) is 18.9. The lowest BCUT2D eigenvalue weighted by Gasteiger charge is -2.33. The van der Waals surface area contributed by atoms with Gasteiger partial charge in [-0.2, -0.15) is 0 Å². The summed E-state index contributed by atoms with van der Waals surface area (Å²) in [7, 11) is 1.87. The molecule has 1 aromatic heterocycles. The SMILES string of the molecule is CC[C@@H]1CN(Cc2cc(C(c3ccc4c(nnn4C)c3C)C(C)(C)C(=O)O)ccc2C)Cc2ccccc2O1. The average Bonchev–Trinajstić information content (AvgIpc) is 3.18. The van der Waals surface area contributed by atoms with Crippen LogP contribution in [0, 0.1) is 19.3 Å². The molecular weight excluding hydrogens is 488 g/mol. The lowest BCUT2D eigenvalue weighted by Crippen LogP contribution is -2.33. The topological polar surface area (TPSA) is 80.5 Å². The van der Waals surface area contributed by atoms with Crippen molar-refractivity contribution in [2.24, 2.45) is 12.5 Å². The number of aryl methyl sites for hydroxylation is 3. The van der Waals surface area contributed by atoms with Gasteiger partial charge in [0.2, 0.25) is 0 Å². The molecule has 0 fully saturated rings. The van der Waals surface area contributed by atoms with Crippen molar-refractivity contribution in [2.45, 2.75) is 66.2 Å². The Bertz CT molecular complexity index is 1520. The summed E-state index contributed by atoms with van der Waals surface area (Å²) in [6.45, 7) is 12.3. The largest absolute Gasteiger partial charge is 0.489 e. The third-order valence-electron chi connectivity index (χ3n) is 8.34. The molecule has 0 spiro atoms. The zero-order valence-electron chi connectivity index (χ0n) is 23.7. The van der Waals surface area contributed by atoms with Crippen LogP contribution >= 0.6 is 0 Å². The van der Waals surface area contributed by atoms with E-state index in [1.165, 1.54) is 16.7 Å². The highest BCUT2D eigenvalue weighted by molar-refractivity contribution is 5.81. The second-order valence-electron chi connectivity index (χ2n) is 11.4. The summed E-state index contributed by atoms with van der Waals surface area (Å²) in [5.41, 5.74) is 7.21. The maximum atomic E-state index is 12.6. The van der Waals surface area contributed by atoms with Crippen molar-refractivity contribution >= 4 is 17.0 Å². The van der Waals surface area contributed by atoms with Crippen LogP contribution in [0.3, 0.4) is 0 Å². The third-order valence-corrected chi connectivity index (χ3v) is 8.34. The smallest absolute Gasteiger partial charge is 0.310 e. The first-order valence-corrected chi connectivity index (χ1v) is 13.7. The molecule has 4 aromatic rings. The van der Waals surface area contributed by atoms with Gasteiger partial charge in [-0.25, -0.2) is 4.68 Å². The Kier molecular flexibility index (Phi) is 7.21. The average molecular weight is 527 g/mol. The van der Waals surface area contributed by atoms with E-state index in [1.807, 2.05) is 46.0 Å². The molecule has 0 bridgehead atoms. The molecule has 2 atom stereocenters. The minimum atomic E-state index is -1.05. The number of carbonyl (C=O) groups is 1. The van der Waals surface area contributed by atoms with Gasteiger partial charge in [0.25, 0.3) is 0 Å². The van der Waals surface area contributed by atoms with Crippen LogP contribution in [0.15, 0.2) is 54.6 Å². The molecule has 1 N–H and O–H groups in total. The molecule has 39 heavy (non-hydrogen) atoms. The molecule has 1 aliphatic rings. The molecule has 1 aliphatic heterocycles. The molecule has 7 nitrogen and oxygen atoms in total. The maximum absolute atomic E-state index is 12.6. The van der Waals surface area contributed by atoms with E-state index in [0.29, 0.717) is 0 Å². The maximum Gasteiger partial charge on any atom is 0.310 e. The molecule has 7 heteroatoms. The Balaban J connectivity index is 1.56. The van der Waals surface area contributed by atoms with E-state index in [0.717, 1.165) is 59.5 Å². The number of rotatable bonds is 7. The van der Waals surface area contributed by atoms with Crippen LogP contribution in [-0.4, -0.2) is 43.6 Å². The minimum absolute atomic E-state index is 0.122. The number of carboxylic acids is 1. The van der Waals surface area contributed by atoms with Crippen molar-refractivity contribution in [1.29, 1.82) is 0 Å². The summed E-state index contributed by atoms with van der Waals surface area (Å²) < 4.78 is 8.08. The zero-order chi connectivity index (χ0) is 27.9.